The molecule has 0 fully saturated rings. The van der Waals surface area contributed by atoms with E-state index in [1.54, 1.807) is 11.8 Å². The molecule has 0 aliphatic rings. The second-order valence-electron chi connectivity index (χ2n) is 5.04. The Bertz CT molecular complexity index is 531. The van der Waals surface area contributed by atoms with Crippen molar-refractivity contribution in [2.45, 2.75) is 37.5 Å². The summed E-state index contributed by atoms with van der Waals surface area (Å²) in [5.41, 5.74) is 18.3. The van der Waals surface area contributed by atoms with E-state index in [9.17, 15) is 0 Å². The Hall–Kier alpha value is -1.61. The first-order valence-electron chi connectivity index (χ1n) is 6.29. The summed E-state index contributed by atoms with van der Waals surface area (Å²) in [5, 5.41) is 0. The van der Waals surface area contributed by atoms with Gasteiger partial charge in [0.2, 0.25) is 0 Å². The summed E-state index contributed by atoms with van der Waals surface area (Å²) < 4.78 is 0. The van der Waals surface area contributed by atoms with Gasteiger partial charge in [-0.1, -0.05) is 11.8 Å². The van der Waals surface area contributed by atoms with Crippen molar-refractivity contribution >= 4 is 23.1 Å². The molecule has 100 valence electrons. The molecule has 0 spiro atoms. The van der Waals surface area contributed by atoms with Gasteiger partial charge in [-0.15, -0.1) is 0 Å². The minimum absolute atomic E-state index is 0.883. The van der Waals surface area contributed by atoms with E-state index < -0.39 is 0 Å². The Labute approximate surface area is 119 Å². The SMILES string of the molecule is Cc1cc(Sc2cc(C)c(N)c(C)c2)cc(C)c1N. The van der Waals surface area contributed by atoms with Crippen molar-refractivity contribution in [1.82, 2.24) is 0 Å². The number of nitrogen functional groups attached to an aromatic ring is 2. The van der Waals surface area contributed by atoms with Gasteiger partial charge in [0.15, 0.2) is 0 Å². The van der Waals surface area contributed by atoms with Crippen LogP contribution in [0.5, 0.6) is 0 Å². The Balaban J connectivity index is 2.36. The minimum Gasteiger partial charge on any atom is -0.398 e. The third-order valence-corrected chi connectivity index (χ3v) is 4.31. The summed E-state index contributed by atoms with van der Waals surface area (Å²) in [6.07, 6.45) is 0. The van der Waals surface area contributed by atoms with Gasteiger partial charge in [0.05, 0.1) is 0 Å². The second-order valence-corrected chi connectivity index (χ2v) is 6.19. The molecular weight excluding hydrogens is 252 g/mol. The van der Waals surface area contributed by atoms with Crippen LogP contribution in [-0.4, -0.2) is 0 Å². The number of benzene rings is 2. The molecule has 2 nitrogen and oxygen atoms in total. The summed E-state index contributed by atoms with van der Waals surface area (Å²) in [6.45, 7) is 8.19. The van der Waals surface area contributed by atoms with Crippen molar-refractivity contribution in [2.24, 2.45) is 0 Å². The minimum atomic E-state index is 0.883. The van der Waals surface area contributed by atoms with Crippen LogP contribution in [0.25, 0.3) is 0 Å². The highest BCUT2D eigenvalue weighted by molar-refractivity contribution is 7.99. The smallest absolute Gasteiger partial charge is 0.0374 e. The summed E-state index contributed by atoms with van der Waals surface area (Å²) in [4.78, 5) is 2.43. The molecule has 0 saturated carbocycles. The molecule has 0 amide bonds. The third-order valence-electron chi connectivity index (χ3n) is 3.37. The predicted octanol–water partition coefficient (Wildman–Crippen LogP) is 4.24. The van der Waals surface area contributed by atoms with E-state index >= 15 is 0 Å². The number of hydrogen-bond acceptors (Lipinski definition) is 3. The molecule has 2 rings (SSSR count). The molecule has 2 aromatic rings. The number of aryl methyl sites for hydroxylation is 4. The summed E-state index contributed by atoms with van der Waals surface area (Å²) in [6, 6.07) is 8.53. The fraction of sp³-hybridized carbons (Fsp3) is 0.250. The second kappa shape index (κ2) is 5.17. The summed E-state index contributed by atoms with van der Waals surface area (Å²) >= 11 is 1.75. The van der Waals surface area contributed by atoms with E-state index in [0.717, 1.165) is 33.6 Å². The zero-order valence-corrected chi connectivity index (χ0v) is 12.7. The van der Waals surface area contributed by atoms with Crippen LogP contribution >= 0.6 is 11.8 Å². The maximum Gasteiger partial charge on any atom is 0.0374 e. The summed E-state index contributed by atoms with van der Waals surface area (Å²) in [5.74, 6) is 0. The molecule has 3 heteroatoms. The lowest BCUT2D eigenvalue weighted by atomic mass is 10.1. The Morgan fingerprint density at radius 3 is 1.16 bits per heavy atom. The molecular formula is C16H20N2S. The lowest BCUT2D eigenvalue weighted by molar-refractivity contribution is 1.27. The van der Waals surface area contributed by atoms with Gasteiger partial charge < -0.3 is 11.5 Å². The van der Waals surface area contributed by atoms with Gasteiger partial charge in [0, 0.05) is 21.2 Å². The normalized spacial score (nSPS) is 10.7. The first kappa shape index (κ1) is 13.8. The van der Waals surface area contributed by atoms with Crippen LogP contribution in [-0.2, 0) is 0 Å². The maximum atomic E-state index is 5.99. The van der Waals surface area contributed by atoms with E-state index in [4.69, 9.17) is 11.5 Å². The number of anilines is 2. The third kappa shape index (κ3) is 2.87. The van der Waals surface area contributed by atoms with Crippen molar-refractivity contribution in [3.05, 3.63) is 46.5 Å². The predicted molar refractivity (Wildman–Crippen MR) is 84.8 cm³/mol. The molecule has 0 aliphatic heterocycles. The van der Waals surface area contributed by atoms with Crippen LogP contribution in [0, 0.1) is 27.7 Å². The lowest BCUT2D eigenvalue weighted by Crippen LogP contribution is -1.95. The van der Waals surface area contributed by atoms with E-state index in [-0.39, 0.29) is 0 Å². The van der Waals surface area contributed by atoms with Crippen molar-refractivity contribution in [3.8, 4) is 0 Å². The van der Waals surface area contributed by atoms with Crippen molar-refractivity contribution in [1.29, 1.82) is 0 Å². The zero-order valence-electron chi connectivity index (χ0n) is 11.9. The highest BCUT2D eigenvalue weighted by atomic mass is 32.2. The first-order chi connectivity index (χ1) is 8.88. The average Bonchev–Trinajstić information content (AvgIpc) is 2.33. The molecule has 0 aromatic heterocycles. The molecule has 0 heterocycles. The molecule has 0 unspecified atom stereocenters. The van der Waals surface area contributed by atoms with Crippen LogP contribution in [0.4, 0.5) is 11.4 Å². The standard InChI is InChI=1S/C16H20N2S/c1-9-5-13(6-10(2)15(9)17)19-14-7-11(3)16(18)12(4)8-14/h5-8H,17-18H2,1-4H3. The number of nitrogens with two attached hydrogens (primary N) is 2. The zero-order chi connectivity index (χ0) is 14.2. The van der Waals surface area contributed by atoms with Crippen LogP contribution in [0.3, 0.4) is 0 Å². The molecule has 19 heavy (non-hydrogen) atoms. The van der Waals surface area contributed by atoms with E-state index in [1.165, 1.54) is 9.79 Å². The number of rotatable bonds is 2. The molecule has 0 saturated heterocycles. The van der Waals surface area contributed by atoms with Crippen LogP contribution in [0.15, 0.2) is 34.1 Å². The van der Waals surface area contributed by atoms with Gasteiger partial charge in [0.1, 0.15) is 0 Å². The molecule has 0 atom stereocenters. The van der Waals surface area contributed by atoms with Crippen molar-refractivity contribution in [3.63, 3.8) is 0 Å². The van der Waals surface area contributed by atoms with E-state index in [2.05, 4.69) is 24.3 Å². The monoisotopic (exact) mass is 272 g/mol. The van der Waals surface area contributed by atoms with Gasteiger partial charge in [-0.2, -0.15) is 0 Å². The topological polar surface area (TPSA) is 52.0 Å². The first-order valence-corrected chi connectivity index (χ1v) is 7.11. The van der Waals surface area contributed by atoms with Gasteiger partial charge in [0.25, 0.3) is 0 Å². The highest BCUT2D eigenvalue weighted by Crippen LogP contribution is 2.34. The fourth-order valence-corrected chi connectivity index (χ4v) is 3.34. The molecule has 0 bridgehead atoms. The Kier molecular flexibility index (Phi) is 3.76. The molecule has 4 N–H and O–H groups in total. The largest absolute Gasteiger partial charge is 0.398 e. The average molecular weight is 272 g/mol. The highest BCUT2D eigenvalue weighted by Gasteiger charge is 2.06. The molecule has 0 radical (unpaired) electrons. The van der Waals surface area contributed by atoms with Gasteiger partial charge >= 0.3 is 0 Å². The maximum absolute atomic E-state index is 5.99. The molecule has 2 aromatic carbocycles. The van der Waals surface area contributed by atoms with Crippen LogP contribution in [0.2, 0.25) is 0 Å². The van der Waals surface area contributed by atoms with Crippen LogP contribution < -0.4 is 11.5 Å². The lowest BCUT2D eigenvalue weighted by Gasteiger charge is -2.11. The van der Waals surface area contributed by atoms with Crippen molar-refractivity contribution in [2.75, 3.05) is 11.5 Å². The Morgan fingerprint density at radius 1 is 0.632 bits per heavy atom. The van der Waals surface area contributed by atoms with Gasteiger partial charge in [-0.05, 0) is 74.2 Å². The quantitative estimate of drug-likeness (QED) is 0.804. The van der Waals surface area contributed by atoms with Crippen molar-refractivity contribution < 1.29 is 0 Å². The van der Waals surface area contributed by atoms with Gasteiger partial charge in [-0.25, -0.2) is 0 Å². The summed E-state index contributed by atoms with van der Waals surface area (Å²) in [7, 11) is 0. The Morgan fingerprint density at radius 2 is 0.895 bits per heavy atom. The van der Waals surface area contributed by atoms with E-state index in [1.807, 2.05) is 27.7 Å². The van der Waals surface area contributed by atoms with Crippen LogP contribution in [0.1, 0.15) is 22.3 Å². The number of hydrogen-bond donors (Lipinski definition) is 2. The fourth-order valence-electron chi connectivity index (χ4n) is 2.12. The van der Waals surface area contributed by atoms with Gasteiger partial charge in [-0.3, -0.25) is 0 Å². The molecule has 0 aliphatic carbocycles. The van der Waals surface area contributed by atoms with E-state index in [0.29, 0.717) is 0 Å².